The molecule has 4 nitrogen and oxygen atoms in total. The Balaban J connectivity index is 2.96. The van der Waals surface area contributed by atoms with Gasteiger partial charge in [-0.25, -0.2) is 4.79 Å². The molecule has 1 rings (SSSR count). The number of aromatic nitrogens is 1. The van der Waals surface area contributed by atoms with Gasteiger partial charge in [0.1, 0.15) is 5.69 Å². The van der Waals surface area contributed by atoms with Crippen molar-refractivity contribution in [2.45, 2.75) is 20.4 Å². The zero-order valence-corrected chi connectivity index (χ0v) is 8.78. The maximum Gasteiger partial charge on any atom is 0.354 e. The van der Waals surface area contributed by atoms with E-state index in [9.17, 15) is 4.79 Å². The number of esters is 1. The molecule has 0 spiro atoms. The molecular formula is C10H16N2O2. The summed E-state index contributed by atoms with van der Waals surface area (Å²) in [4.78, 5) is 11.3. The molecule has 1 heterocycles. The molecule has 0 aromatic carbocycles. The van der Waals surface area contributed by atoms with Crippen molar-refractivity contribution >= 4 is 11.7 Å². The lowest BCUT2D eigenvalue weighted by Crippen LogP contribution is -2.12. The predicted molar refractivity (Wildman–Crippen MR) is 55.0 cm³/mol. The Morgan fingerprint density at radius 3 is 2.79 bits per heavy atom. The van der Waals surface area contributed by atoms with Crippen molar-refractivity contribution in [2.24, 2.45) is 5.92 Å². The molecular weight excluding hydrogens is 180 g/mol. The van der Waals surface area contributed by atoms with Gasteiger partial charge in [0.15, 0.2) is 0 Å². The third-order valence-electron chi connectivity index (χ3n) is 1.87. The van der Waals surface area contributed by atoms with E-state index in [0.29, 0.717) is 17.3 Å². The Kier molecular flexibility index (Phi) is 3.17. The summed E-state index contributed by atoms with van der Waals surface area (Å²) in [5, 5.41) is 0. The molecule has 0 bridgehead atoms. The van der Waals surface area contributed by atoms with Gasteiger partial charge in [-0.2, -0.15) is 0 Å². The van der Waals surface area contributed by atoms with Crippen molar-refractivity contribution in [3.05, 3.63) is 18.0 Å². The lowest BCUT2D eigenvalue weighted by Gasteiger charge is -2.09. The maximum atomic E-state index is 11.3. The SMILES string of the molecule is COC(=O)c1cc(N)cn1CC(C)C. The number of carbonyl (C=O) groups is 1. The smallest absolute Gasteiger partial charge is 0.354 e. The van der Waals surface area contributed by atoms with Crippen LogP contribution in [0.2, 0.25) is 0 Å². The molecule has 0 atom stereocenters. The van der Waals surface area contributed by atoms with E-state index < -0.39 is 0 Å². The van der Waals surface area contributed by atoms with Crippen LogP contribution in [-0.2, 0) is 11.3 Å². The van der Waals surface area contributed by atoms with Gasteiger partial charge in [0, 0.05) is 12.7 Å². The average Bonchev–Trinajstić information content (AvgIpc) is 2.44. The number of ether oxygens (including phenoxy) is 1. The maximum absolute atomic E-state index is 11.3. The van der Waals surface area contributed by atoms with Crippen molar-refractivity contribution in [1.82, 2.24) is 4.57 Å². The predicted octanol–water partition coefficient (Wildman–Crippen LogP) is 1.51. The Bertz CT molecular complexity index is 329. The number of carbonyl (C=O) groups excluding carboxylic acids is 1. The van der Waals surface area contributed by atoms with Crippen LogP contribution in [0.3, 0.4) is 0 Å². The van der Waals surface area contributed by atoms with Gasteiger partial charge in [-0.3, -0.25) is 0 Å². The topological polar surface area (TPSA) is 57.2 Å². The van der Waals surface area contributed by atoms with E-state index in [1.807, 2.05) is 4.57 Å². The number of anilines is 1. The number of hydrogen-bond acceptors (Lipinski definition) is 3. The minimum atomic E-state index is -0.345. The van der Waals surface area contributed by atoms with Crippen LogP contribution in [0.25, 0.3) is 0 Å². The Morgan fingerprint density at radius 2 is 2.29 bits per heavy atom. The lowest BCUT2D eigenvalue weighted by atomic mass is 10.2. The normalized spacial score (nSPS) is 10.6. The van der Waals surface area contributed by atoms with Crippen LogP contribution in [0, 0.1) is 5.92 Å². The summed E-state index contributed by atoms with van der Waals surface area (Å²) in [6.45, 7) is 4.93. The highest BCUT2D eigenvalue weighted by Gasteiger charge is 2.13. The quantitative estimate of drug-likeness (QED) is 0.745. The number of methoxy groups -OCH3 is 1. The van der Waals surface area contributed by atoms with Crippen molar-refractivity contribution < 1.29 is 9.53 Å². The van der Waals surface area contributed by atoms with Crippen molar-refractivity contribution in [3.63, 3.8) is 0 Å². The Labute approximate surface area is 83.7 Å². The fourth-order valence-corrected chi connectivity index (χ4v) is 1.35. The van der Waals surface area contributed by atoms with E-state index in [0.717, 1.165) is 6.54 Å². The average molecular weight is 196 g/mol. The van der Waals surface area contributed by atoms with Crippen molar-refractivity contribution in [2.75, 3.05) is 12.8 Å². The van der Waals surface area contributed by atoms with E-state index in [-0.39, 0.29) is 5.97 Å². The zero-order valence-electron chi connectivity index (χ0n) is 8.78. The number of nitrogens with zero attached hydrogens (tertiary/aromatic N) is 1. The fraction of sp³-hybridized carbons (Fsp3) is 0.500. The molecule has 78 valence electrons. The molecule has 0 unspecified atom stereocenters. The van der Waals surface area contributed by atoms with Gasteiger partial charge in [-0.05, 0) is 12.0 Å². The molecule has 0 saturated carbocycles. The monoisotopic (exact) mass is 196 g/mol. The second kappa shape index (κ2) is 4.17. The first kappa shape index (κ1) is 10.6. The van der Waals surface area contributed by atoms with Crippen LogP contribution in [0.5, 0.6) is 0 Å². The largest absolute Gasteiger partial charge is 0.464 e. The lowest BCUT2D eigenvalue weighted by molar-refractivity contribution is 0.0587. The number of nitrogen functional groups attached to an aromatic ring is 1. The Hall–Kier alpha value is -1.45. The highest BCUT2D eigenvalue weighted by molar-refractivity contribution is 5.88. The van der Waals surface area contributed by atoms with Crippen LogP contribution in [0.1, 0.15) is 24.3 Å². The Morgan fingerprint density at radius 1 is 1.64 bits per heavy atom. The van der Waals surface area contributed by atoms with E-state index in [2.05, 4.69) is 18.6 Å². The summed E-state index contributed by atoms with van der Waals surface area (Å²) in [6, 6.07) is 1.63. The molecule has 0 aliphatic carbocycles. The molecule has 0 amide bonds. The van der Waals surface area contributed by atoms with E-state index >= 15 is 0 Å². The summed E-state index contributed by atoms with van der Waals surface area (Å²) in [6.07, 6.45) is 1.76. The van der Waals surface area contributed by atoms with Crippen LogP contribution >= 0.6 is 0 Å². The van der Waals surface area contributed by atoms with E-state index in [1.54, 1.807) is 12.3 Å². The number of nitrogens with two attached hydrogens (primary N) is 1. The third-order valence-corrected chi connectivity index (χ3v) is 1.87. The van der Waals surface area contributed by atoms with Gasteiger partial charge < -0.3 is 15.0 Å². The number of hydrogen-bond donors (Lipinski definition) is 1. The van der Waals surface area contributed by atoms with Crippen molar-refractivity contribution in [3.8, 4) is 0 Å². The molecule has 1 aromatic rings. The first-order chi connectivity index (χ1) is 6.54. The molecule has 0 saturated heterocycles. The molecule has 2 N–H and O–H groups in total. The molecule has 0 radical (unpaired) electrons. The molecule has 4 heteroatoms. The van der Waals surface area contributed by atoms with E-state index in [4.69, 9.17) is 5.73 Å². The van der Waals surface area contributed by atoms with Crippen molar-refractivity contribution in [1.29, 1.82) is 0 Å². The van der Waals surface area contributed by atoms with Gasteiger partial charge in [0.25, 0.3) is 0 Å². The minimum absolute atomic E-state index is 0.345. The van der Waals surface area contributed by atoms with Crippen LogP contribution in [0.4, 0.5) is 5.69 Å². The summed E-state index contributed by atoms with van der Waals surface area (Å²) in [5.74, 6) is 0.118. The standard InChI is InChI=1S/C10H16N2O2/c1-7(2)5-12-6-8(11)4-9(12)10(13)14-3/h4,6-7H,5,11H2,1-3H3. The molecule has 0 fully saturated rings. The van der Waals surface area contributed by atoms with E-state index in [1.165, 1.54) is 7.11 Å². The summed E-state index contributed by atoms with van der Waals surface area (Å²) >= 11 is 0. The first-order valence-corrected chi connectivity index (χ1v) is 4.58. The third kappa shape index (κ3) is 2.28. The minimum Gasteiger partial charge on any atom is -0.464 e. The second-order valence-electron chi connectivity index (χ2n) is 3.70. The summed E-state index contributed by atoms with van der Waals surface area (Å²) < 4.78 is 6.48. The van der Waals surface area contributed by atoms with Gasteiger partial charge in [-0.1, -0.05) is 13.8 Å². The molecule has 0 aliphatic heterocycles. The highest BCUT2D eigenvalue weighted by atomic mass is 16.5. The molecule has 1 aromatic heterocycles. The summed E-state index contributed by atoms with van der Waals surface area (Å²) in [7, 11) is 1.37. The van der Waals surface area contributed by atoms with Crippen LogP contribution in [0.15, 0.2) is 12.3 Å². The highest BCUT2D eigenvalue weighted by Crippen LogP contribution is 2.13. The fourth-order valence-electron chi connectivity index (χ4n) is 1.35. The van der Waals surface area contributed by atoms with Gasteiger partial charge in [-0.15, -0.1) is 0 Å². The van der Waals surface area contributed by atoms with Gasteiger partial charge in [0.05, 0.1) is 12.8 Å². The molecule has 14 heavy (non-hydrogen) atoms. The second-order valence-corrected chi connectivity index (χ2v) is 3.70. The first-order valence-electron chi connectivity index (χ1n) is 4.58. The number of rotatable bonds is 3. The summed E-state index contributed by atoms with van der Waals surface area (Å²) in [5.41, 5.74) is 6.72. The van der Waals surface area contributed by atoms with Gasteiger partial charge in [0.2, 0.25) is 0 Å². The van der Waals surface area contributed by atoms with Gasteiger partial charge >= 0.3 is 5.97 Å². The van der Waals surface area contributed by atoms with Crippen LogP contribution in [-0.4, -0.2) is 17.6 Å². The zero-order chi connectivity index (χ0) is 10.7. The van der Waals surface area contributed by atoms with Crippen LogP contribution < -0.4 is 5.73 Å². The molecule has 0 aliphatic rings.